The Morgan fingerprint density at radius 3 is 2.52 bits per heavy atom. The van der Waals surface area contributed by atoms with Gasteiger partial charge in [-0.25, -0.2) is 4.79 Å². The van der Waals surface area contributed by atoms with Gasteiger partial charge in [0.05, 0.1) is 0 Å². The molecule has 0 aliphatic heterocycles. The van der Waals surface area contributed by atoms with E-state index in [1.54, 1.807) is 6.07 Å². The van der Waals surface area contributed by atoms with Crippen molar-refractivity contribution in [2.24, 2.45) is 5.92 Å². The number of hydrogen-bond acceptors (Lipinski definition) is 2. The summed E-state index contributed by atoms with van der Waals surface area (Å²) >= 11 is 8.10. The lowest BCUT2D eigenvalue weighted by atomic mass is 9.85. The van der Waals surface area contributed by atoms with Crippen molar-refractivity contribution >= 4 is 28.9 Å². The molecule has 1 aliphatic carbocycles. The minimum Gasteiger partial charge on any atom is -0.477 e. The molecule has 1 aromatic carbocycles. The smallest absolute Gasteiger partial charge is 0.345 e. The molecule has 3 atom stereocenters. The van der Waals surface area contributed by atoms with Gasteiger partial charge >= 0.3 is 5.97 Å². The van der Waals surface area contributed by atoms with Gasteiger partial charge in [-0.15, -0.1) is 22.9 Å². The molecular weight excluding hydrogens is 400 g/mol. The quantitative estimate of drug-likeness (QED) is 0.291. The zero-order valence-electron chi connectivity index (χ0n) is 17.4. The van der Waals surface area contributed by atoms with E-state index in [-0.39, 0.29) is 5.38 Å². The van der Waals surface area contributed by atoms with Gasteiger partial charge in [-0.1, -0.05) is 50.5 Å². The lowest BCUT2D eigenvalue weighted by molar-refractivity contribution is 0.0702. The third-order valence-electron chi connectivity index (χ3n) is 6.29. The van der Waals surface area contributed by atoms with E-state index in [4.69, 9.17) is 16.7 Å². The number of thiophene rings is 1. The number of alkyl halides is 1. The number of hydrogen-bond donors (Lipinski definition) is 1. The minimum atomic E-state index is -0.827. The third-order valence-corrected chi connectivity index (χ3v) is 7.97. The summed E-state index contributed by atoms with van der Waals surface area (Å²) < 4.78 is 0. The molecule has 2 aromatic rings. The van der Waals surface area contributed by atoms with E-state index in [0.717, 1.165) is 30.6 Å². The van der Waals surface area contributed by atoms with Crippen LogP contribution in [0.15, 0.2) is 36.4 Å². The molecule has 1 aliphatic rings. The van der Waals surface area contributed by atoms with Crippen LogP contribution in [-0.4, -0.2) is 16.5 Å². The molecule has 3 rings (SSSR count). The maximum atomic E-state index is 11.0. The van der Waals surface area contributed by atoms with Gasteiger partial charge in [0.2, 0.25) is 0 Å². The monoisotopic (exact) mass is 432 g/mol. The Hall–Kier alpha value is -1.32. The van der Waals surface area contributed by atoms with Crippen LogP contribution in [0, 0.1) is 5.92 Å². The average Bonchev–Trinajstić information content (AvgIpc) is 3.33. The van der Waals surface area contributed by atoms with E-state index in [0.29, 0.717) is 16.7 Å². The van der Waals surface area contributed by atoms with Crippen LogP contribution in [0.3, 0.4) is 0 Å². The van der Waals surface area contributed by atoms with Crippen molar-refractivity contribution in [2.45, 2.75) is 82.4 Å². The zero-order chi connectivity index (χ0) is 20.6. The van der Waals surface area contributed by atoms with Gasteiger partial charge < -0.3 is 5.11 Å². The van der Waals surface area contributed by atoms with Crippen LogP contribution in [0.4, 0.5) is 0 Å². The molecule has 29 heavy (non-hydrogen) atoms. The standard InChI is InChI=1S/C25H33ClO2S/c1-2-3-4-5-7-18-10-12-19(13-11-18)21-15-16-23(26)22(21)9-6-8-20-14-17-24(29-20)25(27)28/h10-14,17,21-23H,2-9,15-16H2,1H3,(H,27,28)/t21?,22?,23-/m1/s1. The van der Waals surface area contributed by atoms with Gasteiger partial charge in [-0.2, -0.15) is 0 Å². The predicted octanol–water partition coefficient (Wildman–Crippen LogP) is 7.69. The van der Waals surface area contributed by atoms with E-state index in [9.17, 15) is 4.79 Å². The molecule has 158 valence electrons. The van der Waals surface area contributed by atoms with Crippen LogP contribution in [0.25, 0.3) is 0 Å². The van der Waals surface area contributed by atoms with Crippen LogP contribution >= 0.6 is 22.9 Å². The lowest BCUT2D eigenvalue weighted by Gasteiger charge is -2.22. The number of unbranched alkanes of at least 4 members (excludes halogenated alkanes) is 3. The van der Waals surface area contributed by atoms with Gasteiger partial charge in [-0.05, 0) is 80.0 Å². The fourth-order valence-electron chi connectivity index (χ4n) is 4.64. The molecule has 1 saturated carbocycles. The first kappa shape index (κ1) is 22.4. The summed E-state index contributed by atoms with van der Waals surface area (Å²) in [5, 5.41) is 9.33. The molecule has 1 fully saturated rings. The van der Waals surface area contributed by atoms with Crippen LogP contribution in [0.2, 0.25) is 0 Å². The van der Waals surface area contributed by atoms with Crippen LogP contribution in [0.1, 0.15) is 89.9 Å². The Morgan fingerprint density at radius 2 is 1.83 bits per heavy atom. The maximum Gasteiger partial charge on any atom is 0.345 e. The number of carbonyl (C=O) groups is 1. The molecule has 0 spiro atoms. The molecular formula is C25H33ClO2S. The van der Waals surface area contributed by atoms with Crippen molar-refractivity contribution in [3.05, 3.63) is 57.3 Å². The van der Waals surface area contributed by atoms with Crippen molar-refractivity contribution in [1.82, 2.24) is 0 Å². The van der Waals surface area contributed by atoms with E-state index in [1.807, 2.05) is 6.07 Å². The average molecular weight is 433 g/mol. The van der Waals surface area contributed by atoms with E-state index >= 15 is 0 Å². The number of halogens is 1. The van der Waals surface area contributed by atoms with Crippen LogP contribution in [-0.2, 0) is 12.8 Å². The molecule has 4 heteroatoms. The Morgan fingerprint density at radius 1 is 1.03 bits per heavy atom. The lowest BCUT2D eigenvalue weighted by Crippen LogP contribution is -2.14. The number of benzene rings is 1. The molecule has 2 unspecified atom stereocenters. The highest BCUT2D eigenvalue weighted by Gasteiger charge is 2.35. The fraction of sp³-hybridized carbons (Fsp3) is 0.560. The largest absolute Gasteiger partial charge is 0.477 e. The van der Waals surface area contributed by atoms with Crippen molar-refractivity contribution in [3.63, 3.8) is 0 Å². The number of carboxylic acid groups (broad SMARTS) is 1. The van der Waals surface area contributed by atoms with Crippen LogP contribution in [0.5, 0.6) is 0 Å². The number of aryl methyl sites for hydroxylation is 2. The normalized spacial score (nSPS) is 21.5. The topological polar surface area (TPSA) is 37.3 Å². The summed E-state index contributed by atoms with van der Waals surface area (Å²) in [4.78, 5) is 12.6. The maximum absolute atomic E-state index is 11.0. The second-order valence-electron chi connectivity index (χ2n) is 8.38. The van der Waals surface area contributed by atoms with Crippen molar-refractivity contribution in [1.29, 1.82) is 0 Å². The van der Waals surface area contributed by atoms with E-state index in [1.165, 1.54) is 61.0 Å². The van der Waals surface area contributed by atoms with Gasteiger partial charge in [0.1, 0.15) is 4.88 Å². The van der Waals surface area contributed by atoms with E-state index < -0.39 is 5.97 Å². The highest BCUT2D eigenvalue weighted by molar-refractivity contribution is 7.13. The summed E-state index contributed by atoms with van der Waals surface area (Å²) in [7, 11) is 0. The predicted molar refractivity (Wildman–Crippen MR) is 124 cm³/mol. The number of carboxylic acids is 1. The van der Waals surface area contributed by atoms with Crippen LogP contribution < -0.4 is 0 Å². The van der Waals surface area contributed by atoms with Crippen molar-refractivity contribution in [3.8, 4) is 0 Å². The van der Waals surface area contributed by atoms with Gasteiger partial charge in [0, 0.05) is 10.3 Å². The molecule has 2 nitrogen and oxygen atoms in total. The first-order valence-electron chi connectivity index (χ1n) is 11.1. The second kappa shape index (κ2) is 11.2. The minimum absolute atomic E-state index is 0.256. The summed E-state index contributed by atoms with van der Waals surface area (Å²) in [5.41, 5.74) is 2.90. The Labute approximate surface area is 184 Å². The molecule has 0 amide bonds. The highest BCUT2D eigenvalue weighted by Crippen LogP contribution is 2.45. The second-order valence-corrected chi connectivity index (χ2v) is 10.1. The van der Waals surface area contributed by atoms with Gasteiger partial charge in [-0.3, -0.25) is 0 Å². The Bertz CT molecular complexity index is 767. The third kappa shape index (κ3) is 6.33. The molecule has 1 aromatic heterocycles. The molecule has 0 bridgehead atoms. The SMILES string of the molecule is CCCCCCc1ccc(C2CC[C@@H](Cl)C2CCCc2ccc(C(=O)O)s2)cc1. The molecule has 1 N–H and O–H groups in total. The number of aromatic carboxylic acids is 1. The zero-order valence-corrected chi connectivity index (χ0v) is 19.0. The summed E-state index contributed by atoms with van der Waals surface area (Å²) in [6, 6.07) is 13.0. The van der Waals surface area contributed by atoms with Crippen molar-refractivity contribution < 1.29 is 9.90 Å². The Kier molecular flexibility index (Phi) is 8.62. The first-order chi connectivity index (χ1) is 14.1. The molecule has 0 radical (unpaired) electrons. The first-order valence-corrected chi connectivity index (χ1v) is 12.4. The highest BCUT2D eigenvalue weighted by atomic mass is 35.5. The Balaban J connectivity index is 1.52. The van der Waals surface area contributed by atoms with Gasteiger partial charge in [0.15, 0.2) is 0 Å². The summed E-state index contributed by atoms with van der Waals surface area (Å²) in [5.74, 6) is 0.252. The van der Waals surface area contributed by atoms with Crippen molar-refractivity contribution in [2.75, 3.05) is 0 Å². The fourth-order valence-corrected chi connectivity index (χ4v) is 5.96. The van der Waals surface area contributed by atoms with E-state index in [2.05, 4.69) is 31.2 Å². The number of rotatable bonds is 11. The molecule has 1 heterocycles. The molecule has 0 saturated heterocycles. The summed E-state index contributed by atoms with van der Waals surface area (Å²) in [6.45, 7) is 2.25. The van der Waals surface area contributed by atoms with Gasteiger partial charge in [0.25, 0.3) is 0 Å². The summed E-state index contributed by atoms with van der Waals surface area (Å²) in [6.07, 6.45) is 11.8.